The summed E-state index contributed by atoms with van der Waals surface area (Å²) in [5, 5.41) is 0. The van der Waals surface area contributed by atoms with Gasteiger partial charge in [-0.3, -0.25) is 0 Å². The molecule has 3 aromatic rings. The first kappa shape index (κ1) is 36.5. The van der Waals surface area contributed by atoms with E-state index in [0.29, 0.717) is 75.9 Å². The zero-order chi connectivity index (χ0) is 36.6. The van der Waals surface area contributed by atoms with Gasteiger partial charge in [0, 0.05) is 5.41 Å². The Morgan fingerprint density at radius 2 is 0.868 bits per heavy atom. The molecule has 4 fully saturated rings. The van der Waals surface area contributed by atoms with Gasteiger partial charge >= 0.3 is 23.9 Å². The minimum Gasteiger partial charge on any atom is -0.433 e. The highest BCUT2D eigenvalue weighted by molar-refractivity contribution is 5.61. The summed E-state index contributed by atoms with van der Waals surface area (Å²) in [6.45, 7) is 11.4. The van der Waals surface area contributed by atoms with Crippen LogP contribution in [0.1, 0.15) is 82.1 Å². The quantitative estimate of drug-likeness (QED) is 0.0786. The van der Waals surface area contributed by atoms with Crippen molar-refractivity contribution >= 4 is 0 Å². The number of rotatable bonds is 22. The average Bonchev–Trinajstić information content (AvgIpc) is 4.02. The van der Waals surface area contributed by atoms with E-state index >= 15 is 0 Å². The monoisotopic (exact) mass is 734 g/mol. The van der Waals surface area contributed by atoms with E-state index in [2.05, 4.69) is 36.4 Å². The molecule has 0 aromatic heterocycles. The van der Waals surface area contributed by atoms with Gasteiger partial charge in [0.05, 0.1) is 26.4 Å². The molecule has 4 heterocycles. The number of epoxide rings is 4. The fourth-order valence-electron chi connectivity index (χ4n) is 6.88. The van der Waals surface area contributed by atoms with E-state index in [9.17, 15) is 0 Å². The number of benzene rings is 3. The lowest BCUT2D eigenvalue weighted by atomic mass is 9.70. The molecule has 4 unspecified atom stereocenters. The van der Waals surface area contributed by atoms with Crippen molar-refractivity contribution in [3.05, 3.63) is 82.9 Å². The second-order valence-corrected chi connectivity index (χ2v) is 14.1. The number of hydrogen-bond donors (Lipinski definition) is 0. The average molecular weight is 735 g/mol. The first-order valence-electron chi connectivity index (χ1n) is 19.1. The lowest BCUT2D eigenvalue weighted by Gasteiger charge is -2.34. The fraction of sp³-hybridized carbons (Fsp3) is 0.561. The van der Waals surface area contributed by atoms with Crippen molar-refractivity contribution < 1.29 is 56.8 Å². The van der Waals surface area contributed by atoms with E-state index in [1.54, 1.807) is 0 Å². The third-order valence-corrected chi connectivity index (χ3v) is 9.81. The standard InChI is InChI=1S/C41H50O12/c1-5-19-42-38(25-46-38)50-33-15-13-30(23-35(33)52-40(27-48-40)44-21-7-3)37(18-17-29-11-9-10-12-32(29)37)31-14-16-34(51-39(26-47-39)43-20-6-2)36(24-31)53-41(28-49-41)45-22-8-4/h9-16,23-24H,5-8,17-22,25-28H2,1-4H3. The van der Waals surface area contributed by atoms with Crippen molar-refractivity contribution in [2.75, 3.05) is 52.9 Å². The Bertz CT molecular complexity index is 1640. The number of hydrogen-bond acceptors (Lipinski definition) is 12. The van der Waals surface area contributed by atoms with Crippen molar-refractivity contribution in [2.24, 2.45) is 0 Å². The van der Waals surface area contributed by atoms with E-state index in [4.69, 9.17) is 56.8 Å². The SMILES string of the molecule is CCCOC1(Oc2ccc(C3(c4ccc(OC5(OCCC)CO5)c(OC5(OCCC)CO5)c4)CCc4ccccc43)cc2OC2(OCCC)CO2)CO1. The Morgan fingerprint density at radius 1 is 0.491 bits per heavy atom. The molecule has 8 rings (SSSR count). The van der Waals surface area contributed by atoms with Gasteiger partial charge in [-0.2, -0.15) is 0 Å². The molecule has 0 spiro atoms. The van der Waals surface area contributed by atoms with Crippen molar-refractivity contribution in [1.82, 2.24) is 0 Å². The summed E-state index contributed by atoms with van der Waals surface area (Å²) >= 11 is 0. The Balaban J connectivity index is 1.22. The molecule has 0 bridgehead atoms. The zero-order valence-corrected chi connectivity index (χ0v) is 31.1. The molecule has 286 valence electrons. The van der Waals surface area contributed by atoms with Gasteiger partial charge in [0.2, 0.25) is 0 Å². The van der Waals surface area contributed by atoms with Crippen LogP contribution in [0.5, 0.6) is 23.0 Å². The first-order chi connectivity index (χ1) is 25.8. The molecule has 0 N–H and O–H groups in total. The summed E-state index contributed by atoms with van der Waals surface area (Å²) in [5.41, 5.74) is 3.80. The lowest BCUT2D eigenvalue weighted by molar-refractivity contribution is -0.186. The summed E-state index contributed by atoms with van der Waals surface area (Å²) in [6.07, 6.45) is 4.94. The molecule has 53 heavy (non-hydrogen) atoms. The van der Waals surface area contributed by atoms with Gasteiger partial charge in [-0.25, -0.2) is 0 Å². The highest BCUT2D eigenvalue weighted by atomic mass is 17.0. The van der Waals surface area contributed by atoms with Gasteiger partial charge in [0.1, 0.15) is 26.4 Å². The highest BCUT2D eigenvalue weighted by Gasteiger charge is 2.55. The van der Waals surface area contributed by atoms with Crippen LogP contribution >= 0.6 is 0 Å². The van der Waals surface area contributed by atoms with Crippen LogP contribution in [0.15, 0.2) is 60.7 Å². The topological polar surface area (TPSA) is 124 Å². The van der Waals surface area contributed by atoms with Crippen LogP contribution in [-0.4, -0.2) is 76.7 Å². The molecular formula is C41H50O12. The smallest absolute Gasteiger partial charge is 0.352 e. The molecule has 3 aromatic carbocycles. The minimum absolute atomic E-state index is 0.303. The van der Waals surface area contributed by atoms with Gasteiger partial charge in [-0.05, 0) is 85.0 Å². The van der Waals surface area contributed by atoms with Crippen molar-refractivity contribution in [3.8, 4) is 23.0 Å². The second kappa shape index (κ2) is 14.6. The molecule has 0 saturated carbocycles. The van der Waals surface area contributed by atoms with Gasteiger partial charge < -0.3 is 56.8 Å². The first-order valence-corrected chi connectivity index (χ1v) is 19.1. The van der Waals surface area contributed by atoms with E-state index < -0.39 is 29.3 Å². The van der Waals surface area contributed by atoms with E-state index in [1.807, 2.05) is 52.0 Å². The number of fused-ring (bicyclic) bond motifs is 1. The van der Waals surface area contributed by atoms with Gasteiger partial charge in [-0.15, -0.1) is 0 Å². The van der Waals surface area contributed by atoms with Crippen LogP contribution in [0.3, 0.4) is 0 Å². The predicted octanol–water partition coefficient (Wildman–Crippen LogP) is 6.92. The van der Waals surface area contributed by atoms with Crippen LogP contribution in [0.4, 0.5) is 0 Å². The molecule has 4 saturated heterocycles. The number of ether oxygens (including phenoxy) is 12. The third-order valence-electron chi connectivity index (χ3n) is 9.81. The summed E-state index contributed by atoms with van der Waals surface area (Å²) in [6, 6.07) is 20.6. The van der Waals surface area contributed by atoms with E-state index in [-0.39, 0.29) is 0 Å². The molecule has 12 nitrogen and oxygen atoms in total. The summed E-state index contributed by atoms with van der Waals surface area (Å²) < 4.78 is 72.7. The van der Waals surface area contributed by atoms with Crippen LogP contribution in [0, 0.1) is 0 Å². The Labute approximate surface area is 310 Å². The molecule has 12 heteroatoms. The predicted molar refractivity (Wildman–Crippen MR) is 190 cm³/mol. The third kappa shape index (κ3) is 7.61. The molecule has 4 aliphatic heterocycles. The van der Waals surface area contributed by atoms with Gasteiger partial charge in [0.15, 0.2) is 23.0 Å². The van der Waals surface area contributed by atoms with Crippen molar-refractivity contribution in [2.45, 2.75) is 95.5 Å². The summed E-state index contributed by atoms with van der Waals surface area (Å²) in [4.78, 5) is 0. The van der Waals surface area contributed by atoms with Gasteiger partial charge in [-0.1, -0.05) is 64.1 Å². The summed E-state index contributed by atoms with van der Waals surface area (Å²) in [7, 11) is 0. The highest BCUT2D eigenvalue weighted by Crippen LogP contribution is 2.54. The maximum Gasteiger partial charge on any atom is 0.352 e. The molecular weight excluding hydrogens is 684 g/mol. The maximum atomic E-state index is 6.56. The number of aryl methyl sites for hydroxylation is 1. The fourth-order valence-corrected chi connectivity index (χ4v) is 6.88. The molecule has 1 aliphatic carbocycles. The second-order valence-electron chi connectivity index (χ2n) is 14.1. The van der Waals surface area contributed by atoms with Crippen LogP contribution in [0.25, 0.3) is 0 Å². The Kier molecular flexibility index (Phi) is 10.1. The normalized spacial score (nSPS) is 30.4. The van der Waals surface area contributed by atoms with Gasteiger partial charge in [0.25, 0.3) is 0 Å². The van der Waals surface area contributed by atoms with Crippen molar-refractivity contribution in [1.29, 1.82) is 0 Å². The largest absolute Gasteiger partial charge is 0.433 e. The Hall–Kier alpha value is -3.46. The minimum atomic E-state index is -1.19. The zero-order valence-electron chi connectivity index (χ0n) is 31.1. The summed E-state index contributed by atoms with van der Waals surface area (Å²) in [5.74, 6) is -2.82. The lowest BCUT2D eigenvalue weighted by Crippen LogP contribution is -2.30. The van der Waals surface area contributed by atoms with Crippen LogP contribution < -0.4 is 18.9 Å². The van der Waals surface area contributed by atoms with Crippen LogP contribution in [-0.2, 0) is 49.7 Å². The molecule has 0 amide bonds. The molecule has 4 atom stereocenters. The molecule has 0 radical (unpaired) electrons. The van der Waals surface area contributed by atoms with Crippen molar-refractivity contribution in [3.63, 3.8) is 0 Å². The van der Waals surface area contributed by atoms with Crippen LogP contribution in [0.2, 0.25) is 0 Å². The Morgan fingerprint density at radius 3 is 1.25 bits per heavy atom. The molecule has 5 aliphatic rings. The maximum absolute atomic E-state index is 6.56. The van der Waals surface area contributed by atoms with E-state index in [0.717, 1.165) is 49.7 Å². The van der Waals surface area contributed by atoms with E-state index in [1.165, 1.54) is 11.1 Å².